The van der Waals surface area contributed by atoms with Gasteiger partial charge in [-0.25, -0.2) is 9.97 Å². The highest BCUT2D eigenvalue weighted by Crippen LogP contribution is 2.32. The number of nitrogens with one attached hydrogen (secondary N) is 1. The summed E-state index contributed by atoms with van der Waals surface area (Å²) in [7, 11) is 0. The van der Waals surface area contributed by atoms with Crippen molar-refractivity contribution < 1.29 is 0 Å². The quantitative estimate of drug-likeness (QED) is 0.579. The first-order valence-corrected chi connectivity index (χ1v) is 9.05. The van der Waals surface area contributed by atoms with E-state index >= 15 is 0 Å². The van der Waals surface area contributed by atoms with E-state index in [1.54, 1.807) is 11.3 Å². The number of aromatic nitrogens is 2. The molecule has 0 aliphatic rings. The van der Waals surface area contributed by atoms with Crippen LogP contribution in [0.1, 0.15) is 38.5 Å². The smallest absolute Gasteiger partial charge is 0.225 e. The van der Waals surface area contributed by atoms with Crippen molar-refractivity contribution in [3.8, 4) is 0 Å². The molecular formula is C15H23N3S2. The Balaban J connectivity index is 2.23. The second-order valence-corrected chi connectivity index (χ2v) is 7.70. The molecule has 0 aliphatic carbocycles. The topological polar surface area (TPSA) is 37.8 Å². The van der Waals surface area contributed by atoms with Crippen LogP contribution < -0.4 is 5.32 Å². The summed E-state index contributed by atoms with van der Waals surface area (Å²) < 4.78 is 0. The Morgan fingerprint density at radius 3 is 2.85 bits per heavy atom. The van der Waals surface area contributed by atoms with E-state index in [0.29, 0.717) is 0 Å². The van der Waals surface area contributed by atoms with Crippen molar-refractivity contribution in [1.29, 1.82) is 0 Å². The second-order valence-electron chi connectivity index (χ2n) is 5.39. The summed E-state index contributed by atoms with van der Waals surface area (Å²) in [5, 5.41) is 5.64. The van der Waals surface area contributed by atoms with Crippen molar-refractivity contribution in [3.05, 3.63) is 10.9 Å². The Morgan fingerprint density at radius 2 is 2.15 bits per heavy atom. The minimum atomic E-state index is 0.738. The van der Waals surface area contributed by atoms with Crippen LogP contribution >= 0.6 is 23.1 Å². The first kappa shape index (κ1) is 15.6. The third-order valence-corrected chi connectivity index (χ3v) is 4.92. The summed E-state index contributed by atoms with van der Waals surface area (Å²) in [6.45, 7) is 9.73. The highest BCUT2D eigenvalue weighted by atomic mass is 32.2. The zero-order chi connectivity index (χ0) is 14.5. The van der Waals surface area contributed by atoms with E-state index in [9.17, 15) is 0 Å². The normalized spacial score (nSPS) is 11.4. The molecule has 110 valence electrons. The molecule has 0 radical (unpaired) electrons. The molecule has 0 atom stereocenters. The van der Waals surface area contributed by atoms with E-state index in [0.717, 1.165) is 40.4 Å². The lowest BCUT2D eigenvalue weighted by Gasteiger charge is -2.08. The number of hydrogen-bond acceptors (Lipinski definition) is 5. The van der Waals surface area contributed by atoms with Crippen molar-refractivity contribution in [3.63, 3.8) is 0 Å². The Morgan fingerprint density at radius 1 is 1.35 bits per heavy atom. The van der Waals surface area contributed by atoms with Crippen LogP contribution in [-0.4, -0.2) is 22.3 Å². The van der Waals surface area contributed by atoms with Crippen LogP contribution in [0.2, 0.25) is 0 Å². The summed E-state index contributed by atoms with van der Waals surface area (Å²) in [4.78, 5) is 11.7. The van der Waals surface area contributed by atoms with Crippen LogP contribution in [0.15, 0.2) is 11.1 Å². The largest absolute Gasteiger partial charge is 0.354 e. The van der Waals surface area contributed by atoms with E-state index in [1.807, 2.05) is 11.8 Å². The third kappa shape index (κ3) is 4.09. The van der Waals surface area contributed by atoms with Crippen molar-refractivity contribution in [2.45, 2.75) is 45.6 Å². The Labute approximate surface area is 129 Å². The first-order valence-electron chi connectivity index (χ1n) is 7.25. The fourth-order valence-corrected chi connectivity index (χ4v) is 4.02. The second kappa shape index (κ2) is 7.27. The molecule has 0 fully saturated rings. The van der Waals surface area contributed by atoms with Crippen LogP contribution in [0.5, 0.6) is 0 Å². The predicted molar refractivity (Wildman–Crippen MR) is 91.1 cm³/mol. The molecule has 2 rings (SSSR count). The van der Waals surface area contributed by atoms with Crippen LogP contribution in [0.25, 0.3) is 10.2 Å². The summed E-state index contributed by atoms with van der Waals surface area (Å²) in [6.07, 6.45) is 2.30. The molecule has 1 N–H and O–H groups in total. The maximum atomic E-state index is 4.70. The Kier molecular flexibility index (Phi) is 5.66. The molecular weight excluding hydrogens is 286 g/mol. The molecule has 20 heavy (non-hydrogen) atoms. The average Bonchev–Trinajstić information content (AvgIpc) is 2.76. The molecule has 0 amide bonds. The van der Waals surface area contributed by atoms with Gasteiger partial charge in [0.15, 0.2) is 0 Å². The van der Waals surface area contributed by atoms with Gasteiger partial charge < -0.3 is 5.32 Å². The molecule has 3 nitrogen and oxygen atoms in total. The van der Waals surface area contributed by atoms with Crippen LogP contribution in [-0.2, 0) is 0 Å². The fraction of sp³-hybridized carbons (Fsp3) is 0.600. The number of aryl methyl sites for hydroxylation is 1. The van der Waals surface area contributed by atoms with Crippen LogP contribution in [0.4, 0.5) is 5.95 Å². The molecule has 0 bridgehead atoms. The molecule has 0 spiro atoms. The van der Waals surface area contributed by atoms with Crippen LogP contribution in [0, 0.1) is 12.8 Å². The van der Waals surface area contributed by atoms with Gasteiger partial charge in [-0.2, -0.15) is 0 Å². The maximum Gasteiger partial charge on any atom is 0.225 e. The Hall–Kier alpha value is -0.810. The molecule has 0 saturated carbocycles. The van der Waals surface area contributed by atoms with E-state index in [4.69, 9.17) is 4.98 Å². The number of rotatable bonds is 7. The third-order valence-electron chi connectivity index (χ3n) is 2.95. The number of fused-ring (bicyclic) bond motifs is 1. The number of thiophene rings is 1. The van der Waals surface area contributed by atoms with Gasteiger partial charge in [-0.1, -0.05) is 20.8 Å². The number of hydrogen-bond donors (Lipinski definition) is 1. The van der Waals surface area contributed by atoms with Gasteiger partial charge in [0.2, 0.25) is 5.95 Å². The average molecular weight is 310 g/mol. The molecule has 0 aliphatic heterocycles. The van der Waals surface area contributed by atoms with Gasteiger partial charge in [-0.05, 0) is 37.5 Å². The SMILES string of the molecule is CCCNc1nc(SCCC(C)C)c2cc(C)sc2n1. The van der Waals surface area contributed by atoms with Crippen molar-refractivity contribution >= 4 is 39.3 Å². The van der Waals surface area contributed by atoms with Crippen molar-refractivity contribution in [1.82, 2.24) is 9.97 Å². The van der Waals surface area contributed by atoms with Gasteiger partial charge in [-0.15, -0.1) is 23.1 Å². The lowest BCUT2D eigenvalue weighted by atomic mass is 10.2. The van der Waals surface area contributed by atoms with Crippen molar-refractivity contribution in [2.75, 3.05) is 17.6 Å². The monoisotopic (exact) mass is 309 g/mol. The number of thioether (sulfide) groups is 1. The number of anilines is 1. The summed E-state index contributed by atoms with van der Waals surface area (Å²) >= 11 is 3.60. The molecule has 2 aromatic rings. The maximum absolute atomic E-state index is 4.70. The van der Waals surface area contributed by atoms with E-state index in [2.05, 4.69) is 44.1 Å². The number of nitrogens with zero attached hydrogens (tertiary/aromatic N) is 2. The molecule has 5 heteroatoms. The van der Waals surface area contributed by atoms with E-state index in [-0.39, 0.29) is 0 Å². The zero-order valence-corrected chi connectivity index (χ0v) is 14.3. The molecule has 0 aromatic carbocycles. The summed E-state index contributed by atoms with van der Waals surface area (Å²) in [5.74, 6) is 2.63. The first-order chi connectivity index (χ1) is 9.60. The van der Waals surface area contributed by atoms with Gasteiger partial charge >= 0.3 is 0 Å². The van der Waals surface area contributed by atoms with Gasteiger partial charge in [-0.3, -0.25) is 0 Å². The minimum absolute atomic E-state index is 0.738. The van der Waals surface area contributed by atoms with E-state index in [1.165, 1.54) is 16.7 Å². The highest BCUT2D eigenvalue weighted by Gasteiger charge is 2.11. The molecule has 0 saturated heterocycles. The zero-order valence-electron chi connectivity index (χ0n) is 12.7. The molecule has 2 aromatic heterocycles. The lowest BCUT2D eigenvalue weighted by Crippen LogP contribution is -2.04. The summed E-state index contributed by atoms with van der Waals surface area (Å²) in [5.41, 5.74) is 0. The fourth-order valence-electron chi connectivity index (χ4n) is 1.83. The van der Waals surface area contributed by atoms with Gasteiger partial charge in [0.25, 0.3) is 0 Å². The van der Waals surface area contributed by atoms with Gasteiger partial charge in [0.1, 0.15) is 9.86 Å². The predicted octanol–water partition coefficient (Wildman–Crippen LogP) is 4.96. The Bertz CT molecular complexity index is 563. The minimum Gasteiger partial charge on any atom is -0.354 e. The van der Waals surface area contributed by atoms with Crippen molar-refractivity contribution in [2.24, 2.45) is 5.92 Å². The molecule has 2 heterocycles. The highest BCUT2D eigenvalue weighted by molar-refractivity contribution is 7.99. The van der Waals surface area contributed by atoms with Gasteiger partial charge in [0, 0.05) is 16.8 Å². The standard InChI is InChI=1S/C15H23N3S2/c1-5-7-16-15-17-13(19-8-6-10(2)3)12-9-11(4)20-14(12)18-15/h9-10H,5-8H2,1-4H3,(H,16,17,18). The van der Waals surface area contributed by atoms with E-state index < -0.39 is 0 Å². The summed E-state index contributed by atoms with van der Waals surface area (Å²) in [6, 6.07) is 2.21. The lowest BCUT2D eigenvalue weighted by molar-refractivity contribution is 0.632. The molecule has 0 unspecified atom stereocenters. The van der Waals surface area contributed by atoms with Crippen LogP contribution in [0.3, 0.4) is 0 Å². The van der Waals surface area contributed by atoms with Gasteiger partial charge in [0.05, 0.1) is 0 Å².